The average Bonchev–Trinajstić information content (AvgIpc) is 3.13. The third-order valence-corrected chi connectivity index (χ3v) is 5.80. The van der Waals surface area contributed by atoms with E-state index in [1.54, 1.807) is 11.3 Å². The van der Waals surface area contributed by atoms with Crippen LogP contribution in [0, 0.1) is 17.8 Å². The van der Waals surface area contributed by atoms with Gasteiger partial charge in [0.05, 0.1) is 5.92 Å². The number of carboxylic acid groups (broad SMARTS) is 1. The van der Waals surface area contributed by atoms with Gasteiger partial charge in [0.15, 0.2) is 0 Å². The lowest BCUT2D eigenvalue weighted by Gasteiger charge is -2.18. The van der Waals surface area contributed by atoms with E-state index in [1.165, 1.54) is 21.2 Å². The number of thiophene rings is 1. The molecule has 0 amide bonds. The highest BCUT2D eigenvalue weighted by molar-refractivity contribution is 7.17. The molecule has 1 aromatic heterocycles. The third kappa shape index (κ3) is 3.75. The lowest BCUT2D eigenvalue weighted by Crippen LogP contribution is -2.27. The molecule has 4 heteroatoms. The van der Waals surface area contributed by atoms with Crippen molar-refractivity contribution in [3.8, 4) is 0 Å². The topological polar surface area (TPSA) is 49.3 Å². The fourth-order valence-corrected chi connectivity index (χ4v) is 4.55. The van der Waals surface area contributed by atoms with E-state index in [1.807, 2.05) is 0 Å². The smallest absolute Gasteiger partial charge is 0.307 e. The Labute approximate surface area is 141 Å². The molecule has 124 valence electrons. The fourth-order valence-electron chi connectivity index (χ4n) is 3.60. The summed E-state index contributed by atoms with van der Waals surface area (Å²) in [5.74, 6) is -0.0555. The fraction of sp³-hybridized carbons (Fsp3) is 0.526. The summed E-state index contributed by atoms with van der Waals surface area (Å²) in [7, 11) is 0. The zero-order valence-electron chi connectivity index (χ0n) is 13.8. The van der Waals surface area contributed by atoms with Crippen LogP contribution in [0.25, 0.3) is 10.1 Å². The summed E-state index contributed by atoms with van der Waals surface area (Å²) in [5.41, 5.74) is 2.55. The first-order valence-corrected chi connectivity index (χ1v) is 9.35. The van der Waals surface area contributed by atoms with Crippen molar-refractivity contribution < 1.29 is 9.90 Å². The molecule has 1 aliphatic heterocycles. The Bertz CT molecular complexity index is 686. The van der Waals surface area contributed by atoms with Crippen molar-refractivity contribution in [2.75, 3.05) is 13.1 Å². The van der Waals surface area contributed by atoms with Gasteiger partial charge in [-0.25, -0.2) is 0 Å². The molecule has 0 aliphatic carbocycles. The van der Waals surface area contributed by atoms with E-state index >= 15 is 0 Å². The second kappa shape index (κ2) is 7.02. The third-order valence-electron chi connectivity index (χ3n) is 4.79. The van der Waals surface area contributed by atoms with Crippen molar-refractivity contribution in [2.45, 2.75) is 33.1 Å². The molecule has 3 rings (SSSR count). The minimum absolute atomic E-state index is 0.251. The molecule has 2 unspecified atom stereocenters. The van der Waals surface area contributed by atoms with Crippen molar-refractivity contribution in [3.63, 3.8) is 0 Å². The number of carbonyl (C=O) groups is 1. The highest BCUT2D eigenvalue weighted by Gasteiger charge is 2.31. The first kappa shape index (κ1) is 16.5. The number of rotatable bonds is 6. The van der Waals surface area contributed by atoms with Gasteiger partial charge in [0.1, 0.15) is 0 Å². The molecule has 1 aliphatic rings. The zero-order chi connectivity index (χ0) is 16.4. The van der Waals surface area contributed by atoms with Crippen molar-refractivity contribution in [1.82, 2.24) is 5.32 Å². The summed E-state index contributed by atoms with van der Waals surface area (Å²) >= 11 is 1.73. The number of carboxylic acids is 1. The van der Waals surface area contributed by atoms with Crippen LogP contribution in [0.1, 0.15) is 31.4 Å². The van der Waals surface area contributed by atoms with Gasteiger partial charge in [-0.1, -0.05) is 26.0 Å². The molecule has 1 fully saturated rings. The minimum Gasteiger partial charge on any atom is -0.481 e. The van der Waals surface area contributed by atoms with Gasteiger partial charge in [0.25, 0.3) is 0 Å². The van der Waals surface area contributed by atoms with Crippen LogP contribution in [0.4, 0.5) is 0 Å². The number of aliphatic carboxylic acids is 1. The summed E-state index contributed by atoms with van der Waals surface area (Å²) in [5, 5.41) is 16.4. The molecule has 2 N–H and O–H groups in total. The van der Waals surface area contributed by atoms with Crippen molar-refractivity contribution in [2.24, 2.45) is 17.8 Å². The molecule has 2 atom stereocenters. The van der Waals surface area contributed by atoms with Crippen LogP contribution in [0.5, 0.6) is 0 Å². The number of hydrogen-bond donors (Lipinski definition) is 2. The first-order chi connectivity index (χ1) is 11.0. The van der Waals surface area contributed by atoms with Crippen LogP contribution in [-0.2, 0) is 17.6 Å². The van der Waals surface area contributed by atoms with Gasteiger partial charge in [-0.3, -0.25) is 4.79 Å². The molecule has 1 aromatic carbocycles. The van der Waals surface area contributed by atoms with E-state index in [9.17, 15) is 9.90 Å². The number of hydrogen-bond acceptors (Lipinski definition) is 3. The molecule has 0 bridgehead atoms. The Kier molecular flexibility index (Phi) is 5.02. The molecular weight excluding hydrogens is 306 g/mol. The zero-order valence-corrected chi connectivity index (χ0v) is 14.7. The molecule has 2 heterocycles. The second-order valence-corrected chi connectivity index (χ2v) is 8.00. The van der Waals surface area contributed by atoms with E-state index in [2.05, 4.69) is 42.7 Å². The van der Waals surface area contributed by atoms with Crippen LogP contribution in [0.15, 0.2) is 23.6 Å². The van der Waals surface area contributed by atoms with Crippen molar-refractivity contribution in [3.05, 3.63) is 34.7 Å². The Morgan fingerprint density at radius 3 is 2.87 bits per heavy atom. The molecule has 1 saturated heterocycles. The van der Waals surface area contributed by atoms with Crippen LogP contribution in [0.3, 0.4) is 0 Å². The largest absolute Gasteiger partial charge is 0.481 e. The van der Waals surface area contributed by atoms with Crippen molar-refractivity contribution >= 4 is 27.4 Å². The Hall–Kier alpha value is -1.39. The molecule has 3 nitrogen and oxygen atoms in total. The van der Waals surface area contributed by atoms with E-state index in [0.29, 0.717) is 12.3 Å². The molecule has 2 aromatic rings. The number of benzene rings is 1. The van der Waals surface area contributed by atoms with Gasteiger partial charge in [-0.15, -0.1) is 11.3 Å². The predicted octanol–water partition coefficient (Wildman–Crippen LogP) is 3.95. The van der Waals surface area contributed by atoms with Gasteiger partial charge in [0.2, 0.25) is 0 Å². The molecule has 0 radical (unpaired) electrons. The monoisotopic (exact) mass is 331 g/mol. The number of fused-ring (bicyclic) bond motifs is 1. The maximum atomic E-state index is 11.7. The van der Waals surface area contributed by atoms with E-state index < -0.39 is 5.97 Å². The second-order valence-electron chi connectivity index (χ2n) is 7.09. The first-order valence-electron chi connectivity index (χ1n) is 8.47. The summed E-state index contributed by atoms with van der Waals surface area (Å²) in [6, 6.07) is 6.67. The average molecular weight is 331 g/mol. The normalized spacial score (nSPS) is 19.5. The molecular formula is C19H25NO2S. The highest BCUT2D eigenvalue weighted by atomic mass is 32.1. The van der Waals surface area contributed by atoms with Crippen LogP contribution in [0.2, 0.25) is 0 Å². The van der Waals surface area contributed by atoms with Crippen LogP contribution in [-0.4, -0.2) is 24.2 Å². The number of nitrogens with one attached hydrogen (secondary N) is 1. The Morgan fingerprint density at radius 2 is 2.22 bits per heavy atom. The van der Waals surface area contributed by atoms with Gasteiger partial charge in [-0.05, 0) is 72.1 Å². The lowest BCUT2D eigenvalue weighted by atomic mass is 9.86. The quantitative estimate of drug-likeness (QED) is 0.842. The van der Waals surface area contributed by atoms with Crippen LogP contribution < -0.4 is 5.32 Å². The summed E-state index contributed by atoms with van der Waals surface area (Å²) < 4.78 is 1.26. The SMILES string of the molecule is CC(C)Cc1ccc2scc(CC(C(=O)O)C3CCNC3)c2c1. The van der Waals surface area contributed by atoms with Crippen molar-refractivity contribution in [1.29, 1.82) is 0 Å². The van der Waals surface area contributed by atoms with Gasteiger partial charge in [0, 0.05) is 4.70 Å². The van der Waals surface area contributed by atoms with Gasteiger partial charge >= 0.3 is 5.97 Å². The molecule has 0 spiro atoms. The van der Waals surface area contributed by atoms with Crippen LogP contribution >= 0.6 is 11.3 Å². The summed E-state index contributed by atoms with van der Waals surface area (Å²) in [6.07, 6.45) is 2.69. The van der Waals surface area contributed by atoms with E-state index in [4.69, 9.17) is 0 Å². The Morgan fingerprint density at radius 1 is 1.39 bits per heavy atom. The summed E-state index contributed by atoms with van der Waals surface area (Å²) in [6.45, 7) is 6.23. The van der Waals surface area contributed by atoms with Gasteiger partial charge in [-0.2, -0.15) is 0 Å². The molecule has 23 heavy (non-hydrogen) atoms. The maximum Gasteiger partial charge on any atom is 0.307 e. The van der Waals surface area contributed by atoms with E-state index in [-0.39, 0.29) is 11.8 Å². The lowest BCUT2D eigenvalue weighted by molar-refractivity contribution is -0.143. The highest BCUT2D eigenvalue weighted by Crippen LogP contribution is 2.32. The Balaban J connectivity index is 1.87. The standard InChI is InChI=1S/C19H25NO2S/c1-12(2)7-13-3-4-18-16(8-13)15(11-23-18)9-17(19(21)22)14-5-6-20-10-14/h3-4,8,11-12,14,17,20H,5-7,9-10H2,1-2H3,(H,21,22). The minimum atomic E-state index is -0.656. The maximum absolute atomic E-state index is 11.7. The van der Waals surface area contributed by atoms with E-state index in [0.717, 1.165) is 25.9 Å². The predicted molar refractivity (Wildman–Crippen MR) is 96.2 cm³/mol. The molecule has 0 saturated carbocycles. The summed E-state index contributed by atoms with van der Waals surface area (Å²) in [4.78, 5) is 11.7. The van der Waals surface area contributed by atoms with Gasteiger partial charge < -0.3 is 10.4 Å².